The van der Waals surface area contributed by atoms with E-state index in [9.17, 15) is 10.1 Å². The normalized spacial score (nSPS) is 11.4. The third-order valence-corrected chi connectivity index (χ3v) is 6.03. The van der Waals surface area contributed by atoms with Gasteiger partial charge < -0.3 is 4.57 Å². The number of halogens is 1. The number of allylic oxidation sites excluding steroid dienone is 1. The lowest BCUT2D eigenvalue weighted by Gasteiger charge is -2.07. The number of hydrogen-bond acceptors (Lipinski definition) is 3. The summed E-state index contributed by atoms with van der Waals surface area (Å²) in [7, 11) is 0. The van der Waals surface area contributed by atoms with E-state index in [1.165, 1.54) is 0 Å². The molecule has 0 saturated heterocycles. The fourth-order valence-corrected chi connectivity index (χ4v) is 4.30. The molecule has 0 atom stereocenters. The van der Waals surface area contributed by atoms with Crippen molar-refractivity contribution in [3.8, 4) is 23.0 Å². The minimum atomic E-state index is -0.289. The van der Waals surface area contributed by atoms with Crippen molar-refractivity contribution in [1.82, 2.24) is 14.3 Å². The van der Waals surface area contributed by atoms with E-state index in [0.717, 1.165) is 35.6 Å². The number of para-hydroxylation sites is 1. The zero-order valence-corrected chi connectivity index (χ0v) is 20.2. The van der Waals surface area contributed by atoms with Gasteiger partial charge in [-0.1, -0.05) is 48.9 Å². The Morgan fingerprint density at radius 1 is 1.12 bits per heavy atom. The van der Waals surface area contributed by atoms with Gasteiger partial charge in [-0.2, -0.15) is 10.4 Å². The Morgan fingerprint density at radius 3 is 2.56 bits per heavy atom. The molecule has 6 heteroatoms. The molecule has 0 aliphatic rings. The van der Waals surface area contributed by atoms with E-state index < -0.39 is 0 Å². The van der Waals surface area contributed by atoms with Gasteiger partial charge in [-0.05, 0) is 56.7 Å². The molecule has 0 fully saturated rings. The molecule has 170 valence electrons. The summed E-state index contributed by atoms with van der Waals surface area (Å²) in [4.78, 5) is 13.4. The van der Waals surface area contributed by atoms with E-state index >= 15 is 0 Å². The lowest BCUT2D eigenvalue weighted by molar-refractivity contribution is 0.103. The number of hydrogen-bond donors (Lipinski definition) is 0. The van der Waals surface area contributed by atoms with Gasteiger partial charge in [0.2, 0.25) is 5.78 Å². The fraction of sp³-hybridized carbons (Fsp3) is 0.179. The van der Waals surface area contributed by atoms with Crippen LogP contribution in [-0.2, 0) is 6.54 Å². The molecular formula is C28H25ClN4O. The lowest BCUT2D eigenvalue weighted by Crippen LogP contribution is -2.06. The Bertz CT molecular complexity index is 1420. The van der Waals surface area contributed by atoms with Crippen LogP contribution < -0.4 is 0 Å². The number of aromatic nitrogens is 3. The third-order valence-electron chi connectivity index (χ3n) is 5.79. The van der Waals surface area contributed by atoms with Crippen LogP contribution in [0.15, 0.2) is 72.4 Å². The van der Waals surface area contributed by atoms with E-state index in [1.54, 1.807) is 16.8 Å². The number of carbonyl (C=O) groups excluding carboxylic acids is 1. The summed E-state index contributed by atoms with van der Waals surface area (Å²) >= 11 is 6.24. The highest BCUT2D eigenvalue weighted by atomic mass is 35.5. The number of nitrogens with zero attached hydrogens (tertiary/aromatic N) is 4. The molecule has 34 heavy (non-hydrogen) atoms. The third kappa shape index (κ3) is 4.59. The Hall–Kier alpha value is -3.88. The quantitative estimate of drug-likeness (QED) is 0.170. The Kier molecular flexibility index (Phi) is 6.81. The van der Waals surface area contributed by atoms with Gasteiger partial charge in [0.15, 0.2) is 0 Å². The number of ketones is 1. The molecule has 0 radical (unpaired) electrons. The number of Topliss-reactive ketones (excluding diaryl/α,β-unsaturated/α-hetero) is 1. The van der Waals surface area contributed by atoms with Crippen LogP contribution in [-0.4, -0.2) is 20.1 Å². The van der Waals surface area contributed by atoms with Crippen molar-refractivity contribution in [2.24, 2.45) is 0 Å². The van der Waals surface area contributed by atoms with Gasteiger partial charge in [0.25, 0.3) is 0 Å². The average molecular weight is 469 g/mol. The molecular weight excluding hydrogens is 444 g/mol. The topological polar surface area (TPSA) is 63.6 Å². The Labute approximate surface area is 204 Å². The van der Waals surface area contributed by atoms with Crippen molar-refractivity contribution in [3.05, 3.63) is 100.0 Å². The van der Waals surface area contributed by atoms with Gasteiger partial charge in [-0.25, -0.2) is 4.68 Å². The second-order valence-electron chi connectivity index (χ2n) is 8.16. The molecule has 5 nitrogen and oxygen atoms in total. The molecule has 4 aromatic rings. The second-order valence-corrected chi connectivity index (χ2v) is 8.60. The van der Waals surface area contributed by atoms with Crippen LogP contribution in [0, 0.1) is 25.2 Å². The van der Waals surface area contributed by atoms with Gasteiger partial charge in [0.05, 0.1) is 5.69 Å². The molecule has 0 N–H and O–H groups in total. The van der Waals surface area contributed by atoms with Crippen LogP contribution in [0.1, 0.15) is 40.7 Å². The van der Waals surface area contributed by atoms with Crippen molar-refractivity contribution in [1.29, 1.82) is 5.26 Å². The molecule has 2 aromatic heterocycles. The predicted molar refractivity (Wildman–Crippen MR) is 136 cm³/mol. The van der Waals surface area contributed by atoms with Crippen LogP contribution in [0.5, 0.6) is 0 Å². The van der Waals surface area contributed by atoms with Crippen molar-refractivity contribution >= 4 is 23.5 Å². The van der Waals surface area contributed by atoms with Crippen LogP contribution >= 0.6 is 11.6 Å². The van der Waals surface area contributed by atoms with Gasteiger partial charge >= 0.3 is 0 Å². The molecule has 0 bridgehead atoms. The molecule has 0 saturated carbocycles. The first-order valence-electron chi connectivity index (χ1n) is 11.2. The van der Waals surface area contributed by atoms with Crippen molar-refractivity contribution < 1.29 is 4.79 Å². The Morgan fingerprint density at radius 2 is 1.88 bits per heavy atom. The zero-order chi connectivity index (χ0) is 24.2. The first kappa shape index (κ1) is 23.3. The number of benzene rings is 2. The number of aryl methyl sites for hydroxylation is 1. The van der Waals surface area contributed by atoms with Gasteiger partial charge in [0.1, 0.15) is 17.3 Å². The van der Waals surface area contributed by atoms with Crippen LogP contribution in [0.25, 0.3) is 23.0 Å². The summed E-state index contributed by atoms with van der Waals surface area (Å²) in [6.45, 7) is 6.84. The maximum Gasteiger partial charge on any atom is 0.205 e. The van der Waals surface area contributed by atoms with E-state index in [-0.39, 0.29) is 11.4 Å². The van der Waals surface area contributed by atoms with E-state index in [1.807, 2.05) is 74.6 Å². The molecule has 4 rings (SSSR count). The number of nitriles is 1. The summed E-state index contributed by atoms with van der Waals surface area (Å²) in [5.74, 6) is -0.289. The molecule has 0 amide bonds. The second kappa shape index (κ2) is 9.94. The highest BCUT2D eigenvalue weighted by molar-refractivity contribution is 6.30. The molecule has 0 unspecified atom stereocenters. The smallest absolute Gasteiger partial charge is 0.205 e. The van der Waals surface area contributed by atoms with E-state index in [4.69, 9.17) is 16.7 Å². The van der Waals surface area contributed by atoms with E-state index in [0.29, 0.717) is 21.8 Å². The first-order valence-corrected chi connectivity index (χ1v) is 11.5. The van der Waals surface area contributed by atoms with Gasteiger partial charge in [-0.15, -0.1) is 0 Å². The summed E-state index contributed by atoms with van der Waals surface area (Å²) in [6.07, 6.45) is 4.42. The van der Waals surface area contributed by atoms with Gasteiger partial charge in [0, 0.05) is 45.8 Å². The standard InChI is InChI=1S/C28H25ClN4O/c1-4-13-32-19(2)14-26(20(32)3)28(34)22(17-30)15-23-18-33(25-11-6-5-7-12-25)31-27(23)21-9-8-10-24(29)16-21/h5-12,14-16,18H,4,13H2,1-3H3/b22-15-. The highest BCUT2D eigenvalue weighted by Crippen LogP contribution is 2.29. The maximum absolute atomic E-state index is 13.4. The van der Waals surface area contributed by atoms with Crippen molar-refractivity contribution in [3.63, 3.8) is 0 Å². The fourth-order valence-electron chi connectivity index (χ4n) is 4.11. The monoisotopic (exact) mass is 468 g/mol. The van der Waals surface area contributed by atoms with Crippen molar-refractivity contribution in [2.45, 2.75) is 33.7 Å². The van der Waals surface area contributed by atoms with Gasteiger partial charge in [-0.3, -0.25) is 4.79 Å². The largest absolute Gasteiger partial charge is 0.348 e. The predicted octanol–water partition coefficient (Wildman–Crippen LogP) is 6.81. The summed E-state index contributed by atoms with van der Waals surface area (Å²) in [6, 6.07) is 21.1. The Balaban J connectivity index is 1.83. The molecule has 2 aromatic carbocycles. The maximum atomic E-state index is 13.4. The average Bonchev–Trinajstić information content (AvgIpc) is 3.39. The minimum Gasteiger partial charge on any atom is -0.348 e. The van der Waals surface area contributed by atoms with Crippen LogP contribution in [0.2, 0.25) is 5.02 Å². The molecule has 0 aliphatic carbocycles. The summed E-state index contributed by atoms with van der Waals surface area (Å²) in [5, 5.41) is 15.3. The number of carbonyl (C=O) groups is 1. The molecule has 0 aliphatic heterocycles. The lowest BCUT2D eigenvalue weighted by atomic mass is 10.0. The van der Waals surface area contributed by atoms with E-state index in [2.05, 4.69) is 17.6 Å². The first-order chi connectivity index (χ1) is 16.4. The molecule has 0 spiro atoms. The summed E-state index contributed by atoms with van der Waals surface area (Å²) in [5.41, 5.74) is 5.49. The number of rotatable bonds is 7. The highest BCUT2D eigenvalue weighted by Gasteiger charge is 2.21. The van der Waals surface area contributed by atoms with Crippen molar-refractivity contribution in [2.75, 3.05) is 0 Å². The SMILES string of the molecule is CCCn1c(C)cc(C(=O)/C(C#N)=C\c2cn(-c3ccccc3)nc2-c2cccc(Cl)c2)c1C. The molecule has 2 heterocycles. The van der Waals surface area contributed by atoms with Crippen LogP contribution in [0.3, 0.4) is 0 Å². The summed E-state index contributed by atoms with van der Waals surface area (Å²) < 4.78 is 3.86. The minimum absolute atomic E-state index is 0.0626. The zero-order valence-electron chi connectivity index (χ0n) is 19.4. The van der Waals surface area contributed by atoms with Crippen LogP contribution in [0.4, 0.5) is 0 Å².